The standard InChI is InChI=1S/C15H29N3O/c1-2-5-13(12-16)15(19)18-10-6-14(7-11-18)17-8-3-4-9-17/h13-14H,2-12,16H2,1H3. The molecule has 0 saturated carbocycles. The molecule has 4 nitrogen and oxygen atoms in total. The first-order valence-electron chi connectivity index (χ1n) is 7.99. The Bertz CT molecular complexity index is 281. The van der Waals surface area contributed by atoms with Gasteiger partial charge >= 0.3 is 0 Å². The van der Waals surface area contributed by atoms with Crippen LogP contribution in [0.1, 0.15) is 45.4 Å². The molecule has 4 heteroatoms. The average molecular weight is 267 g/mol. The zero-order chi connectivity index (χ0) is 13.7. The smallest absolute Gasteiger partial charge is 0.226 e. The second-order valence-electron chi connectivity index (χ2n) is 6.02. The van der Waals surface area contributed by atoms with E-state index in [-0.39, 0.29) is 5.92 Å². The van der Waals surface area contributed by atoms with E-state index in [1.807, 2.05) is 0 Å². The minimum absolute atomic E-state index is 0.0494. The second kappa shape index (κ2) is 7.25. The lowest BCUT2D eigenvalue weighted by atomic mass is 9.98. The van der Waals surface area contributed by atoms with Crippen LogP contribution in [0.25, 0.3) is 0 Å². The molecule has 0 aliphatic carbocycles. The highest BCUT2D eigenvalue weighted by Gasteiger charge is 2.30. The van der Waals surface area contributed by atoms with Crippen LogP contribution in [0.5, 0.6) is 0 Å². The maximum atomic E-state index is 12.4. The van der Waals surface area contributed by atoms with Crippen molar-refractivity contribution in [1.82, 2.24) is 9.80 Å². The first-order valence-corrected chi connectivity index (χ1v) is 7.99. The van der Waals surface area contributed by atoms with E-state index in [1.54, 1.807) is 0 Å². The first kappa shape index (κ1) is 14.8. The van der Waals surface area contributed by atoms with Crippen molar-refractivity contribution in [1.29, 1.82) is 0 Å². The number of carbonyl (C=O) groups excluding carboxylic acids is 1. The molecule has 0 radical (unpaired) electrons. The summed E-state index contributed by atoms with van der Waals surface area (Å²) < 4.78 is 0. The predicted octanol–water partition coefficient (Wildman–Crippen LogP) is 1.45. The minimum atomic E-state index is 0.0494. The fraction of sp³-hybridized carbons (Fsp3) is 0.933. The number of rotatable bonds is 5. The van der Waals surface area contributed by atoms with Crippen LogP contribution in [0.4, 0.5) is 0 Å². The van der Waals surface area contributed by atoms with Crippen molar-refractivity contribution in [2.45, 2.75) is 51.5 Å². The van der Waals surface area contributed by atoms with Crippen LogP contribution in [-0.4, -0.2) is 54.5 Å². The molecule has 2 aliphatic heterocycles. The van der Waals surface area contributed by atoms with Gasteiger partial charge in [0.05, 0.1) is 5.92 Å². The van der Waals surface area contributed by atoms with Gasteiger partial charge in [-0.15, -0.1) is 0 Å². The number of piperidine rings is 1. The summed E-state index contributed by atoms with van der Waals surface area (Å²) in [5.41, 5.74) is 5.74. The van der Waals surface area contributed by atoms with E-state index < -0.39 is 0 Å². The van der Waals surface area contributed by atoms with Crippen LogP contribution in [0, 0.1) is 5.92 Å². The lowest BCUT2D eigenvalue weighted by Crippen LogP contribution is -2.48. The molecule has 2 aliphatic rings. The number of hydrogen-bond acceptors (Lipinski definition) is 3. The summed E-state index contributed by atoms with van der Waals surface area (Å²) in [4.78, 5) is 17.1. The molecule has 19 heavy (non-hydrogen) atoms. The van der Waals surface area contributed by atoms with Gasteiger partial charge in [0.2, 0.25) is 5.91 Å². The Labute approximate surface area is 117 Å². The normalized spacial score (nSPS) is 23.8. The lowest BCUT2D eigenvalue weighted by Gasteiger charge is -2.37. The van der Waals surface area contributed by atoms with Gasteiger partial charge in [0, 0.05) is 25.7 Å². The van der Waals surface area contributed by atoms with Gasteiger partial charge < -0.3 is 15.5 Å². The van der Waals surface area contributed by atoms with Crippen molar-refractivity contribution in [3.8, 4) is 0 Å². The summed E-state index contributed by atoms with van der Waals surface area (Å²) in [5, 5.41) is 0. The largest absolute Gasteiger partial charge is 0.342 e. The van der Waals surface area contributed by atoms with Gasteiger partial charge in [0.15, 0.2) is 0 Å². The summed E-state index contributed by atoms with van der Waals surface area (Å²) >= 11 is 0. The van der Waals surface area contributed by atoms with E-state index in [0.717, 1.165) is 38.8 Å². The monoisotopic (exact) mass is 267 g/mol. The van der Waals surface area contributed by atoms with Crippen LogP contribution in [-0.2, 0) is 4.79 Å². The number of likely N-dealkylation sites (tertiary alicyclic amines) is 2. The van der Waals surface area contributed by atoms with E-state index in [1.165, 1.54) is 25.9 Å². The van der Waals surface area contributed by atoms with Crippen molar-refractivity contribution < 1.29 is 4.79 Å². The van der Waals surface area contributed by atoms with Crippen LogP contribution < -0.4 is 5.73 Å². The van der Waals surface area contributed by atoms with E-state index in [9.17, 15) is 4.79 Å². The van der Waals surface area contributed by atoms with Crippen LogP contribution in [0.3, 0.4) is 0 Å². The molecular formula is C15H29N3O. The highest BCUT2D eigenvalue weighted by atomic mass is 16.2. The Morgan fingerprint density at radius 1 is 1.21 bits per heavy atom. The maximum absolute atomic E-state index is 12.4. The molecule has 1 atom stereocenters. The van der Waals surface area contributed by atoms with Crippen molar-refractivity contribution in [2.24, 2.45) is 11.7 Å². The highest BCUT2D eigenvalue weighted by molar-refractivity contribution is 5.79. The Balaban J connectivity index is 1.79. The Hall–Kier alpha value is -0.610. The number of carbonyl (C=O) groups is 1. The molecule has 110 valence electrons. The Morgan fingerprint density at radius 3 is 2.37 bits per heavy atom. The third kappa shape index (κ3) is 3.69. The second-order valence-corrected chi connectivity index (χ2v) is 6.02. The topological polar surface area (TPSA) is 49.6 Å². The SMILES string of the molecule is CCCC(CN)C(=O)N1CCC(N2CCCC2)CC1. The summed E-state index contributed by atoms with van der Waals surface area (Å²) in [5.74, 6) is 0.345. The summed E-state index contributed by atoms with van der Waals surface area (Å²) in [6.45, 7) is 7.01. The fourth-order valence-corrected chi connectivity index (χ4v) is 3.51. The average Bonchev–Trinajstić information content (AvgIpc) is 2.98. The molecule has 0 aromatic carbocycles. The molecule has 1 amide bonds. The van der Waals surface area contributed by atoms with Gasteiger partial charge in [-0.2, -0.15) is 0 Å². The molecule has 2 heterocycles. The highest BCUT2D eigenvalue weighted by Crippen LogP contribution is 2.22. The van der Waals surface area contributed by atoms with E-state index in [4.69, 9.17) is 5.73 Å². The minimum Gasteiger partial charge on any atom is -0.342 e. The summed E-state index contributed by atoms with van der Waals surface area (Å²) in [6, 6.07) is 0.717. The molecule has 1 unspecified atom stereocenters. The van der Waals surface area contributed by atoms with Gasteiger partial charge in [-0.1, -0.05) is 13.3 Å². The molecule has 2 N–H and O–H groups in total. The van der Waals surface area contributed by atoms with E-state index in [0.29, 0.717) is 18.5 Å². The molecule has 2 saturated heterocycles. The number of nitrogens with two attached hydrogens (primary N) is 1. The molecule has 0 aromatic heterocycles. The van der Waals surface area contributed by atoms with Crippen molar-refractivity contribution in [3.05, 3.63) is 0 Å². The third-order valence-corrected chi connectivity index (χ3v) is 4.70. The number of amides is 1. The predicted molar refractivity (Wildman–Crippen MR) is 77.9 cm³/mol. The molecule has 0 bridgehead atoms. The first-order chi connectivity index (χ1) is 9.26. The van der Waals surface area contributed by atoms with Crippen molar-refractivity contribution >= 4 is 5.91 Å². The van der Waals surface area contributed by atoms with Crippen LogP contribution in [0.2, 0.25) is 0 Å². The van der Waals surface area contributed by atoms with Crippen LogP contribution >= 0.6 is 0 Å². The van der Waals surface area contributed by atoms with Crippen molar-refractivity contribution in [2.75, 3.05) is 32.7 Å². The molecular weight excluding hydrogens is 238 g/mol. The fourth-order valence-electron chi connectivity index (χ4n) is 3.51. The zero-order valence-corrected chi connectivity index (χ0v) is 12.3. The van der Waals surface area contributed by atoms with Gasteiger partial charge in [-0.05, 0) is 45.2 Å². The van der Waals surface area contributed by atoms with E-state index in [2.05, 4.69) is 16.7 Å². The van der Waals surface area contributed by atoms with Crippen LogP contribution in [0.15, 0.2) is 0 Å². The van der Waals surface area contributed by atoms with Crippen molar-refractivity contribution in [3.63, 3.8) is 0 Å². The van der Waals surface area contributed by atoms with E-state index >= 15 is 0 Å². The number of hydrogen-bond donors (Lipinski definition) is 1. The maximum Gasteiger partial charge on any atom is 0.226 e. The molecule has 2 rings (SSSR count). The Morgan fingerprint density at radius 2 is 1.84 bits per heavy atom. The Kier molecular flexibility index (Phi) is 5.64. The molecule has 0 spiro atoms. The third-order valence-electron chi connectivity index (χ3n) is 4.70. The zero-order valence-electron chi connectivity index (χ0n) is 12.3. The summed E-state index contributed by atoms with van der Waals surface area (Å²) in [6.07, 6.45) is 6.97. The molecule has 0 aromatic rings. The summed E-state index contributed by atoms with van der Waals surface area (Å²) in [7, 11) is 0. The lowest BCUT2D eigenvalue weighted by molar-refractivity contribution is -0.137. The van der Waals surface area contributed by atoms with Gasteiger partial charge in [-0.25, -0.2) is 0 Å². The van der Waals surface area contributed by atoms with Gasteiger partial charge in [-0.3, -0.25) is 4.79 Å². The molecule has 2 fully saturated rings. The van der Waals surface area contributed by atoms with Gasteiger partial charge in [0.25, 0.3) is 0 Å². The quantitative estimate of drug-likeness (QED) is 0.820. The van der Waals surface area contributed by atoms with Gasteiger partial charge in [0.1, 0.15) is 0 Å². The number of nitrogens with zero attached hydrogens (tertiary/aromatic N) is 2.